The Bertz CT molecular complexity index is 860. The molecule has 2 aliphatic rings. The number of piperidine rings is 1. The number of benzene rings is 2. The molecule has 1 fully saturated rings. The molecule has 2 heterocycles. The first-order chi connectivity index (χ1) is 14.6. The molecular formula is C24H31N3O3. The van der Waals surface area contributed by atoms with E-state index in [1.807, 2.05) is 37.4 Å². The number of carbonyl (C=O) groups is 1. The monoisotopic (exact) mass is 409 g/mol. The molecule has 0 bridgehead atoms. The summed E-state index contributed by atoms with van der Waals surface area (Å²) in [7, 11) is 3.72. The molecule has 0 saturated carbocycles. The van der Waals surface area contributed by atoms with Crippen LogP contribution in [0, 0.1) is 5.92 Å². The second-order valence-electron chi connectivity index (χ2n) is 8.23. The molecule has 2 aliphatic heterocycles. The van der Waals surface area contributed by atoms with Crippen molar-refractivity contribution in [2.24, 2.45) is 5.92 Å². The molecule has 30 heavy (non-hydrogen) atoms. The lowest BCUT2D eigenvalue weighted by Crippen LogP contribution is -2.38. The average molecular weight is 410 g/mol. The first-order valence-corrected chi connectivity index (χ1v) is 10.7. The molecule has 0 spiro atoms. The largest absolute Gasteiger partial charge is 0.497 e. The summed E-state index contributed by atoms with van der Waals surface area (Å²) in [5.41, 5.74) is 2.99. The van der Waals surface area contributed by atoms with Crippen LogP contribution in [0.1, 0.15) is 28.8 Å². The smallest absolute Gasteiger partial charge is 0.251 e. The van der Waals surface area contributed by atoms with E-state index in [0.717, 1.165) is 62.8 Å². The number of rotatable bonds is 6. The van der Waals surface area contributed by atoms with Crippen LogP contribution in [-0.4, -0.2) is 57.8 Å². The van der Waals surface area contributed by atoms with Gasteiger partial charge in [0.25, 0.3) is 5.91 Å². The summed E-state index contributed by atoms with van der Waals surface area (Å²) in [4.78, 5) is 17.3. The molecule has 2 aromatic carbocycles. The zero-order valence-electron chi connectivity index (χ0n) is 17.9. The van der Waals surface area contributed by atoms with Gasteiger partial charge in [-0.2, -0.15) is 0 Å². The van der Waals surface area contributed by atoms with E-state index in [0.29, 0.717) is 18.1 Å². The average Bonchev–Trinajstić information content (AvgIpc) is 2.79. The lowest BCUT2D eigenvalue weighted by atomic mass is 9.96. The minimum atomic E-state index is -0.00237. The van der Waals surface area contributed by atoms with Crippen molar-refractivity contribution in [1.29, 1.82) is 0 Å². The third-order valence-electron chi connectivity index (χ3n) is 6.14. The second kappa shape index (κ2) is 9.39. The molecule has 1 saturated heterocycles. The van der Waals surface area contributed by atoms with Gasteiger partial charge >= 0.3 is 0 Å². The number of nitrogens with zero attached hydrogens (tertiary/aromatic N) is 2. The molecule has 6 nitrogen and oxygen atoms in total. The summed E-state index contributed by atoms with van der Waals surface area (Å²) in [6.45, 7) is 5.35. The lowest BCUT2D eigenvalue weighted by molar-refractivity contribution is 0.0935. The SMILES string of the molecule is COc1ccc(CN2CCC(CNC(=O)c3ccc4c(c3)N(C)CCO4)CC2)cc1. The zero-order valence-corrected chi connectivity index (χ0v) is 17.9. The van der Waals surface area contributed by atoms with Gasteiger partial charge in [-0.3, -0.25) is 9.69 Å². The first kappa shape index (κ1) is 20.5. The summed E-state index contributed by atoms with van der Waals surface area (Å²) in [6, 6.07) is 14.0. The van der Waals surface area contributed by atoms with Crippen LogP contribution in [0.3, 0.4) is 0 Å². The number of hydrogen-bond donors (Lipinski definition) is 1. The van der Waals surface area contributed by atoms with Crippen molar-refractivity contribution in [3.8, 4) is 11.5 Å². The van der Waals surface area contributed by atoms with Crippen molar-refractivity contribution in [1.82, 2.24) is 10.2 Å². The summed E-state index contributed by atoms with van der Waals surface area (Å²) < 4.78 is 10.9. The van der Waals surface area contributed by atoms with Gasteiger partial charge in [-0.1, -0.05) is 12.1 Å². The molecule has 1 N–H and O–H groups in total. The number of likely N-dealkylation sites (N-methyl/N-ethyl adjacent to an activating group) is 1. The highest BCUT2D eigenvalue weighted by Gasteiger charge is 2.21. The van der Waals surface area contributed by atoms with Crippen molar-refractivity contribution in [2.75, 3.05) is 51.8 Å². The molecule has 2 aromatic rings. The maximum absolute atomic E-state index is 12.6. The Kier molecular flexibility index (Phi) is 6.43. The molecule has 160 valence electrons. The number of carbonyl (C=O) groups excluding carboxylic acids is 1. The third-order valence-corrected chi connectivity index (χ3v) is 6.14. The number of hydrogen-bond acceptors (Lipinski definition) is 5. The number of nitrogens with one attached hydrogen (secondary N) is 1. The van der Waals surface area contributed by atoms with Crippen molar-refractivity contribution < 1.29 is 14.3 Å². The van der Waals surface area contributed by atoms with Gasteiger partial charge in [0.1, 0.15) is 18.1 Å². The Morgan fingerprint density at radius 2 is 1.90 bits per heavy atom. The molecule has 0 atom stereocenters. The molecule has 4 rings (SSSR count). The third kappa shape index (κ3) is 4.87. The van der Waals surface area contributed by atoms with Crippen molar-refractivity contribution >= 4 is 11.6 Å². The quantitative estimate of drug-likeness (QED) is 0.794. The number of amides is 1. The normalized spacial score (nSPS) is 17.2. The van der Waals surface area contributed by atoms with Gasteiger partial charge in [-0.25, -0.2) is 0 Å². The number of likely N-dealkylation sites (tertiary alicyclic amines) is 1. The van der Waals surface area contributed by atoms with Crippen LogP contribution >= 0.6 is 0 Å². The van der Waals surface area contributed by atoms with Gasteiger partial charge < -0.3 is 19.7 Å². The zero-order chi connectivity index (χ0) is 20.9. The van der Waals surface area contributed by atoms with E-state index in [2.05, 4.69) is 27.2 Å². The maximum Gasteiger partial charge on any atom is 0.251 e. The standard InChI is InChI=1S/C24H31N3O3/c1-26-13-14-30-23-8-5-20(15-22(23)26)24(28)25-16-18-9-11-27(12-10-18)17-19-3-6-21(29-2)7-4-19/h3-8,15,18H,9-14,16-17H2,1-2H3,(H,25,28). The van der Waals surface area contributed by atoms with E-state index in [9.17, 15) is 4.79 Å². The fourth-order valence-corrected chi connectivity index (χ4v) is 4.17. The minimum absolute atomic E-state index is 0.00237. The van der Waals surface area contributed by atoms with Crippen molar-refractivity contribution in [3.63, 3.8) is 0 Å². The number of fused-ring (bicyclic) bond motifs is 1. The minimum Gasteiger partial charge on any atom is -0.497 e. The molecule has 0 radical (unpaired) electrons. The topological polar surface area (TPSA) is 54.0 Å². The summed E-state index contributed by atoms with van der Waals surface area (Å²) in [5.74, 6) is 2.28. The molecular weight excluding hydrogens is 378 g/mol. The predicted molar refractivity (Wildman–Crippen MR) is 119 cm³/mol. The van der Waals surface area contributed by atoms with E-state index >= 15 is 0 Å². The van der Waals surface area contributed by atoms with Crippen LogP contribution < -0.4 is 19.7 Å². The van der Waals surface area contributed by atoms with Crippen LogP contribution in [0.15, 0.2) is 42.5 Å². The van der Waals surface area contributed by atoms with E-state index < -0.39 is 0 Å². The van der Waals surface area contributed by atoms with Crippen LogP contribution in [-0.2, 0) is 6.54 Å². The van der Waals surface area contributed by atoms with Gasteiger partial charge in [0.2, 0.25) is 0 Å². The Morgan fingerprint density at radius 3 is 2.63 bits per heavy atom. The lowest BCUT2D eigenvalue weighted by Gasteiger charge is -2.32. The van der Waals surface area contributed by atoms with Gasteiger partial charge in [0.15, 0.2) is 0 Å². The fourth-order valence-electron chi connectivity index (χ4n) is 4.17. The molecule has 1 amide bonds. The van der Waals surface area contributed by atoms with Crippen molar-refractivity contribution in [2.45, 2.75) is 19.4 Å². The Hall–Kier alpha value is -2.73. The van der Waals surface area contributed by atoms with Crippen LogP contribution in [0.5, 0.6) is 11.5 Å². The first-order valence-electron chi connectivity index (χ1n) is 10.7. The summed E-state index contributed by atoms with van der Waals surface area (Å²) >= 11 is 0. The maximum atomic E-state index is 12.6. The second-order valence-corrected chi connectivity index (χ2v) is 8.23. The van der Waals surface area contributed by atoms with Gasteiger partial charge in [0.05, 0.1) is 19.3 Å². The highest BCUT2D eigenvalue weighted by Crippen LogP contribution is 2.31. The summed E-state index contributed by atoms with van der Waals surface area (Å²) in [6.07, 6.45) is 2.22. The summed E-state index contributed by atoms with van der Waals surface area (Å²) in [5, 5.41) is 3.14. The molecule has 0 unspecified atom stereocenters. The van der Waals surface area contributed by atoms with Crippen LogP contribution in [0.4, 0.5) is 5.69 Å². The fraction of sp³-hybridized carbons (Fsp3) is 0.458. The highest BCUT2D eigenvalue weighted by atomic mass is 16.5. The predicted octanol–water partition coefficient (Wildman–Crippen LogP) is 3.17. The number of ether oxygens (including phenoxy) is 2. The van der Waals surface area contributed by atoms with E-state index in [-0.39, 0.29) is 5.91 Å². The molecule has 0 aromatic heterocycles. The van der Waals surface area contributed by atoms with Gasteiger partial charge in [-0.05, 0) is 67.7 Å². The Labute approximate surface area is 178 Å². The number of anilines is 1. The number of methoxy groups -OCH3 is 1. The van der Waals surface area contributed by atoms with E-state index in [1.54, 1.807) is 7.11 Å². The van der Waals surface area contributed by atoms with E-state index in [4.69, 9.17) is 9.47 Å². The Morgan fingerprint density at radius 1 is 1.13 bits per heavy atom. The van der Waals surface area contributed by atoms with Gasteiger partial charge in [0, 0.05) is 25.7 Å². The molecule has 0 aliphatic carbocycles. The van der Waals surface area contributed by atoms with E-state index in [1.165, 1.54) is 5.56 Å². The van der Waals surface area contributed by atoms with Gasteiger partial charge in [-0.15, -0.1) is 0 Å². The van der Waals surface area contributed by atoms with Crippen LogP contribution in [0.2, 0.25) is 0 Å². The van der Waals surface area contributed by atoms with Crippen molar-refractivity contribution in [3.05, 3.63) is 53.6 Å². The Balaban J connectivity index is 1.23. The van der Waals surface area contributed by atoms with Crippen LogP contribution in [0.25, 0.3) is 0 Å². The highest BCUT2D eigenvalue weighted by molar-refractivity contribution is 5.95. The molecule has 6 heteroatoms.